The molecule has 0 aliphatic rings. The maximum absolute atomic E-state index is 13.6. The van der Waals surface area contributed by atoms with Crippen molar-refractivity contribution in [1.82, 2.24) is 19.5 Å². The summed E-state index contributed by atoms with van der Waals surface area (Å²) in [6, 6.07) is 19.3. The van der Waals surface area contributed by atoms with E-state index >= 15 is 0 Å². The van der Waals surface area contributed by atoms with Crippen LogP contribution in [0.2, 0.25) is 0 Å². The number of hydrogen-bond acceptors (Lipinski definition) is 6. The summed E-state index contributed by atoms with van der Waals surface area (Å²) in [4.78, 5) is 32.6. The van der Waals surface area contributed by atoms with E-state index < -0.39 is 28.5 Å². The number of likely N-dealkylation sites (N-methyl/N-ethyl adjacent to an activating group) is 1. The zero-order chi connectivity index (χ0) is 26.8. The van der Waals surface area contributed by atoms with E-state index in [0.29, 0.717) is 5.75 Å². The van der Waals surface area contributed by atoms with Gasteiger partial charge in [-0.1, -0.05) is 48.5 Å². The Balaban J connectivity index is 1.94. The first-order valence-electron chi connectivity index (χ1n) is 11.7. The Kier molecular flexibility index (Phi) is 9.76. The van der Waals surface area contributed by atoms with Crippen LogP contribution in [0.4, 0.5) is 0 Å². The van der Waals surface area contributed by atoms with Crippen LogP contribution >= 0.6 is 0 Å². The largest absolute Gasteiger partial charge is 0.497 e. The Labute approximate surface area is 218 Å². The van der Waals surface area contributed by atoms with Crippen molar-refractivity contribution in [3.05, 3.63) is 95.8 Å². The number of hydrogen-bond donors (Lipinski definition) is 1. The van der Waals surface area contributed by atoms with Crippen LogP contribution < -0.4 is 10.1 Å². The molecule has 0 saturated heterocycles. The van der Waals surface area contributed by atoms with Crippen LogP contribution in [0.25, 0.3) is 0 Å². The summed E-state index contributed by atoms with van der Waals surface area (Å²) in [5, 5.41) is 2.92. The smallest absolute Gasteiger partial charge is 0.243 e. The van der Waals surface area contributed by atoms with Crippen LogP contribution in [-0.4, -0.2) is 67.4 Å². The number of benzene rings is 2. The van der Waals surface area contributed by atoms with Gasteiger partial charge in [0.15, 0.2) is 0 Å². The summed E-state index contributed by atoms with van der Waals surface area (Å²) in [7, 11) is -0.698. The van der Waals surface area contributed by atoms with E-state index in [1.807, 2.05) is 48.5 Å². The zero-order valence-electron chi connectivity index (χ0n) is 21.2. The molecule has 37 heavy (non-hydrogen) atoms. The van der Waals surface area contributed by atoms with Gasteiger partial charge in [0.05, 0.1) is 19.9 Å². The van der Waals surface area contributed by atoms with E-state index in [1.54, 1.807) is 37.7 Å². The number of rotatable bonds is 12. The maximum Gasteiger partial charge on any atom is 0.243 e. The third-order valence-corrected chi connectivity index (χ3v) is 7.16. The van der Waals surface area contributed by atoms with E-state index in [2.05, 4.69) is 10.3 Å². The number of nitrogens with one attached hydrogen (secondary N) is 1. The third-order valence-electron chi connectivity index (χ3n) is 5.90. The van der Waals surface area contributed by atoms with E-state index in [1.165, 1.54) is 11.9 Å². The SMILES string of the molecule is COc1ccc(CN(C(=O)CN(C)S(C)(=O)=O)[C@@H](Cc2ccccc2)C(=O)NCc2cccnc2)cc1. The molecule has 0 aliphatic heterocycles. The third kappa shape index (κ3) is 8.40. The number of amides is 2. The molecule has 3 aromatic rings. The number of ether oxygens (including phenoxy) is 1. The minimum Gasteiger partial charge on any atom is -0.497 e. The average molecular weight is 525 g/mol. The molecule has 0 aliphatic carbocycles. The molecule has 0 radical (unpaired) electrons. The standard InChI is InChI=1S/C27H32N4O5S/c1-30(37(3,34)35)20-26(32)31(19-22-11-13-24(36-2)14-12-22)25(16-21-8-5-4-6-9-21)27(33)29-18-23-10-7-15-28-17-23/h4-15,17,25H,16,18-20H2,1-3H3,(H,29,33)/t25-/m0/s1. The molecule has 0 fully saturated rings. The molecule has 0 saturated carbocycles. The van der Waals surface area contributed by atoms with Gasteiger partial charge in [0, 0.05) is 39.0 Å². The highest BCUT2D eigenvalue weighted by Gasteiger charge is 2.31. The molecular weight excluding hydrogens is 492 g/mol. The van der Waals surface area contributed by atoms with Crippen molar-refractivity contribution in [3.63, 3.8) is 0 Å². The molecular formula is C27H32N4O5S. The van der Waals surface area contributed by atoms with Crippen molar-refractivity contribution in [2.45, 2.75) is 25.6 Å². The lowest BCUT2D eigenvalue weighted by molar-refractivity contribution is -0.141. The van der Waals surface area contributed by atoms with Crippen molar-refractivity contribution in [2.75, 3.05) is 27.0 Å². The number of pyridine rings is 1. The van der Waals surface area contributed by atoms with Gasteiger partial charge >= 0.3 is 0 Å². The van der Waals surface area contributed by atoms with E-state index in [9.17, 15) is 18.0 Å². The van der Waals surface area contributed by atoms with Crippen LogP contribution in [0.15, 0.2) is 79.1 Å². The number of methoxy groups -OCH3 is 1. The van der Waals surface area contributed by atoms with Gasteiger partial charge in [-0.25, -0.2) is 8.42 Å². The molecule has 10 heteroatoms. The fraction of sp³-hybridized carbons (Fsp3) is 0.296. The lowest BCUT2D eigenvalue weighted by atomic mass is 10.0. The first-order chi connectivity index (χ1) is 17.7. The Morgan fingerprint density at radius 2 is 1.65 bits per heavy atom. The van der Waals surface area contributed by atoms with Crippen LogP contribution in [0.1, 0.15) is 16.7 Å². The monoisotopic (exact) mass is 524 g/mol. The number of sulfonamides is 1. The van der Waals surface area contributed by atoms with E-state index in [4.69, 9.17) is 4.74 Å². The fourth-order valence-corrected chi connectivity index (χ4v) is 4.03. The minimum atomic E-state index is -3.60. The number of aromatic nitrogens is 1. The zero-order valence-corrected chi connectivity index (χ0v) is 22.0. The second-order valence-electron chi connectivity index (χ2n) is 8.67. The Morgan fingerprint density at radius 1 is 0.973 bits per heavy atom. The van der Waals surface area contributed by atoms with Crippen LogP contribution in [-0.2, 0) is 39.1 Å². The molecule has 0 unspecified atom stereocenters. The lowest BCUT2D eigenvalue weighted by Gasteiger charge is -2.32. The van der Waals surface area contributed by atoms with E-state index in [0.717, 1.165) is 27.3 Å². The van der Waals surface area contributed by atoms with Crippen molar-refractivity contribution >= 4 is 21.8 Å². The molecule has 9 nitrogen and oxygen atoms in total. The lowest BCUT2D eigenvalue weighted by Crippen LogP contribution is -2.52. The van der Waals surface area contributed by atoms with Gasteiger partial charge < -0.3 is 15.0 Å². The predicted molar refractivity (Wildman–Crippen MR) is 141 cm³/mol. The van der Waals surface area contributed by atoms with Gasteiger partial charge in [-0.05, 0) is 34.9 Å². The van der Waals surface area contributed by atoms with Crippen LogP contribution in [0, 0.1) is 0 Å². The number of carbonyl (C=O) groups is 2. The van der Waals surface area contributed by atoms with Gasteiger partial charge in [0.1, 0.15) is 11.8 Å². The van der Waals surface area contributed by atoms with Crippen molar-refractivity contribution in [3.8, 4) is 5.75 Å². The molecule has 1 aromatic heterocycles. The molecule has 2 aromatic carbocycles. The first-order valence-corrected chi connectivity index (χ1v) is 13.6. The van der Waals surface area contributed by atoms with Crippen molar-refractivity contribution in [1.29, 1.82) is 0 Å². The molecule has 1 heterocycles. The molecule has 0 bridgehead atoms. The maximum atomic E-state index is 13.6. The average Bonchev–Trinajstić information content (AvgIpc) is 2.90. The summed E-state index contributed by atoms with van der Waals surface area (Å²) in [5.74, 6) is -0.175. The Bertz CT molecular complexity index is 1270. The summed E-state index contributed by atoms with van der Waals surface area (Å²) < 4.78 is 30.3. The Morgan fingerprint density at radius 3 is 2.24 bits per heavy atom. The topological polar surface area (TPSA) is 109 Å². The van der Waals surface area contributed by atoms with Crippen LogP contribution in [0.5, 0.6) is 5.75 Å². The first kappa shape index (κ1) is 27.8. The van der Waals surface area contributed by atoms with Gasteiger partial charge in [-0.15, -0.1) is 0 Å². The molecule has 3 rings (SSSR count). The predicted octanol–water partition coefficient (Wildman–Crippen LogP) is 2.24. The van der Waals surface area contributed by atoms with Gasteiger partial charge in [-0.2, -0.15) is 4.31 Å². The highest BCUT2D eigenvalue weighted by Crippen LogP contribution is 2.18. The number of nitrogens with zero attached hydrogens (tertiary/aromatic N) is 3. The number of carbonyl (C=O) groups excluding carboxylic acids is 2. The molecule has 2 amide bonds. The van der Waals surface area contributed by atoms with Crippen molar-refractivity contribution in [2.24, 2.45) is 0 Å². The summed E-state index contributed by atoms with van der Waals surface area (Å²) >= 11 is 0. The molecule has 0 spiro atoms. The van der Waals surface area contributed by atoms with Crippen molar-refractivity contribution < 1.29 is 22.7 Å². The molecule has 196 valence electrons. The van der Waals surface area contributed by atoms with Gasteiger partial charge in [-0.3, -0.25) is 14.6 Å². The van der Waals surface area contributed by atoms with E-state index in [-0.39, 0.29) is 25.4 Å². The summed E-state index contributed by atoms with van der Waals surface area (Å²) in [5.41, 5.74) is 2.46. The fourth-order valence-electron chi connectivity index (χ4n) is 3.69. The quantitative estimate of drug-likeness (QED) is 0.389. The molecule has 1 atom stereocenters. The highest BCUT2D eigenvalue weighted by atomic mass is 32.2. The summed E-state index contributed by atoms with van der Waals surface area (Å²) in [6.07, 6.45) is 4.60. The second-order valence-corrected chi connectivity index (χ2v) is 10.8. The normalized spacial score (nSPS) is 12.1. The summed E-state index contributed by atoms with van der Waals surface area (Å²) in [6.45, 7) is -0.0415. The Hall–Kier alpha value is -3.76. The molecule has 1 N–H and O–H groups in total. The van der Waals surface area contributed by atoms with Crippen LogP contribution in [0.3, 0.4) is 0 Å². The van der Waals surface area contributed by atoms with Gasteiger partial charge in [0.25, 0.3) is 0 Å². The van der Waals surface area contributed by atoms with Gasteiger partial charge in [0.2, 0.25) is 21.8 Å². The second kappa shape index (κ2) is 13.0. The minimum absolute atomic E-state index is 0.109. The highest BCUT2D eigenvalue weighted by molar-refractivity contribution is 7.88.